The predicted octanol–water partition coefficient (Wildman–Crippen LogP) is 2.92. The average Bonchev–Trinajstić information content (AvgIpc) is 2.60. The van der Waals surface area contributed by atoms with Gasteiger partial charge in [0, 0.05) is 17.2 Å². The Kier molecular flexibility index (Phi) is 5.66. The summed E-state index contributed by atoms with van der Waals surface area (Å²) in [6.45, 7) is -0.590. The van der Waals surface area contributed by atoms with Gasteiger partial charge < -0.3 is 10.1 Å². The van der Waals surface area contributed by atoms with Crippen LogP contribution in [0.1, 0.15) is 15.9 Å². The minimum Gasteiger partial charge on any atom is -0.452 e. The fourth-order valence-corrected chi connectivity index (χ4v) is 2.01. The monoisotopic (exact) mass is 359 g/mol. The van der Waals surface area contributed by atoms with E-state index in [1.54, 1.807) is 0 Å². The van der Waals surface area contributed by atoms with Crippen molar-refractivity contribution in [2.24, 2.45) is 0 Å². The molecular formula is C16H10ClN3O5. The Morgan fingerprint density at radius 1 is 1.24 bits per heavy atom. The molecule has 126 valence electrons. The summed E-state index contributed by atoms with van der Waals surface area (Å²) in [5.74, 6) is -1.47. The van der Waals surface area contributed by atoms with E-state index in [1.807, 2.05) is 6.07 Å². The Morgan fingerprint density at radius 2 is 1.92 bits per heavy atom. The van der Waals surface area contributed by atoms with Crippen molar-refractivity contribution in [3.8, 4) is 6.07 Å². The molecule has 1 N–H and O–H groups in total. The van der Waals surface area contributed by atoms with E-state index >= 15 is 0 Å². The molecule has 0 fully saturated rings. The first-order valence-corrected chi connectivity index (χ1v) is 7.19. The highest BCUT2D eigenvalue weighted by molar-refractivity contribution is 6.31. The number of nitriles is 1. The lowest BCUT2D eigenvalue weighted by Crippen LogP contribution is -2.21. The molecular weight excluding hydrogens is 350 g/mol. The van der Waals surface area contributed by atoms with E-state index in [1.165, 1.54) is 30.3 Å². The number of benzene rings is 2. The molecule has 0 spiro atoms. The molecule has 0 saturated carbocycles. The zero-order chi connectivity index (χ0) is 18.4. The lowest BCUT2D eigenvalue weighted by molar-refractivity contribution is -0.384. The molecule has 9 heteroatoms. The number of ether oxygens (including phenoxy) is 1. The lowest BCUT2D eigenvalue weighted by atomic mass is 10.2. The van der Waals surface area contributed by atoms with Gasteiger partial charge in [-0.15, -0.1) is 0 Å². The third-order valence-corrected chi connectivity index (χ3v) is 3.26. The smallest absolute Gasteiger partial charge is 0.338 e. The maximum absolute atomic E-state index is 11.8. The Labute approximate surface area is 146 Å². The Morgan fingerprint density at radius 3 is 2.52 bits per heavy atom. The zero-order valence-corrected chi connectivity index (χ0v) is 13.3. The molecule has 0 radical (unpaired) electrons. The van der Waals surface area contributed by atoms with Gasteiger partial charge in [0.2, 0.25) is 0 Å². The highest BCUT2D eigenvalue weighted by atomic mass is 35.5. The van der Waals surface area contributed by atoms with Crippen LogP contribution in [0.15, 0.2) is 42.5 Å². The highest BCUT2D eigenvalue weighted by Gasteiger charge is 2.13. The number of halogens is 1. The van der Waals surface area contributed by atoms with Crippen LogP contribution >= 0.6 is 11.6 Å². The van der Waals surface area contributed by atoms with Crippen LogP contribution in [0.25, 0.3) is 0 Å². The first kappa shape index (κ1) is 17.9. The molecule has 0 aliphatic heterocycles. The lowest BCUT2D eigenvalue weighted by Gasteiger charge is -2.08. The van der Waals surface area contributed by atoms with Gasteiger partial charge >= 0.3 is 5.97 Å². The summed E-state index contributed by atoms with van der Waals surface area (Å²) in [4.78, 5) is 33.6. The van der Waals surface area contributed by atoms with E-state index in [9.17, 15) is 19.7 Å². The summed E-state index contributed by atoms with van der Waals surface area (Å²) in [5, 5.41) is 22.3. The van der Waals surface area contributed by atoms with Gasteiger partial charge in [-0.05, 0) is 30.3 Å². The highest BCUT2D eigenvalue weighted by Crippen LogP contribution is 2.20. The number of nitrogens with one attached hydrogen (secondary N) is 1. The number of esters is 1. The fourth-order valence-electron chi connectivity index (χ4n) is 1.84. The Balaban J connectivity index is 1.96. The fraction of sp³-hybridized carbons (Fsp3) is 0.0625. The SMILES string of the molecule is N#Cc1ccc(Cl)cc1NC(=O)COC(=O)c1ccc([N+](=O)[O-])cc1. The van der Waals surface area contributed by atoms with E-state index in [4.69, 9.17) is 21.6 Å². The van der Waals surface area contributed by atoms with Gasteiger partial charge in [-0.2, -0.15) is 5.26 Å². The molecule has 25 heavy (non-hydrogen) atoms. The van der Waals surface area contributed by atoms with Crippen molar-refractivity contribution in [2.75, 3.05) is 11.9 Å². The Bertz CT molecular complexity index is 874. The summed E-state index contributed by atoms with van der Waals surface area (Å²) in [6, 6.07) is 11.0. The van der Waals surface area contributed by atoms with E-state index in [0.717, 1.165) is 12.1 Å². The van der Waals surface area contributed by atoms with E-state index in [0.29, 0.717) is 5.02 Å². The number of hydrogen-bond acceptors (Lipinski definition) is 6. The van der Waals surface area contributed by atoms with Crippen LogP contribution in [-0.4, -0.2) is 23.4 Å². The molecule has 0 heterocycles. The number of rotatable bonds is 5. The van der Waals surface area contributed by atoms with Crippen molar-refractivity contribution in [3.63, 3.8) is 0 Å². The maximum atomic E-state index is 11.8. The van der Waals surface area contributed by atoms with Gasteiger partial charge in [-0.3, -0.25) is 14.9 Å². The third kappa shape index (κ3) is 4.76. The van der Waals surface area contributed by atoms with E-state index in [2.05, 4.69) is 5.32 Å². The number of nitro benzene ring substituents is 1. The molecule has 0 saturated heterocycles. The predicted molar refractivity (Wildman–Crippen MR) is 88.2 cm³/mol. The number of nitro groups is 1. The third-order valence-electron chi connectivity index (χ3n) is 3.02. The molecule has 0 aliphatic rings. The number of anilines is 1. The van der Waals surface area contributed by atoms with Crippen LogP contribution in [0.2, 0.25) is 5.02 Å². The van der Waals surface area contributed by atoms with Crippen LogP contribution < -0.4 is 5.32 Å². The topological polar surface area (TPSA) is 122 Å². The molecule has 0 unspecified atom stereocenters. The van der Waals surface area contributed by atoms with Gasteiger partial charge in [-0.1, -0.05) is 11.6 Å². The van der Waals surface area contributed by atoms with Crippen molar-refractivity contribution < 1.29 is 19.2 Å². The molecule has 8 nitrogen and oxygen atoms in total. The van der Waals surface area contributed by atoms with Crippen LogP contribution in [0.4, 0.5) is 11.4 Å². The number of non-ortho nitro benzene ring substituents is 1. The zero-order valence-electron chi connectivity index (χ0n) is 12.6. The molecule has 0 bridgehead atoms. The van der Waals surface area contributed by atoms with Crippen LogP contribution in [0.3, 0.4) is 0 Å². The number of amides is 1. The molecule has 0 aliphatic carbocycles. The number of carbonyl (C=O) groups is 2. The van der Waals surface area contributed by atoms with Gasteiger partial charge in [0.15, 0.2) is 6.61 Å². The number of carbonyl (C=O) groups excluding carboxylic acids is 2. The largest absolute Gasteiger partial charge is 0.452 e. The van der Waals surface area contributed by atoms with Crippen molar-refractivity contribution in [1.29, 1.82) is 5.26 Å². The van der Waals surface area contributed by atoms with Crippen molar-refractivity contribution in [3.05, 3.63) is 68.7 Å². The van der Waals surface area contributed by atoms with Crippen LogP contribution in [0, 0.1) is 21.4 Å². The van der Waals surface area contributed by atoms with Gasteiger partial charge in [-0.25, -0.2) is 4.79 Å². The normalized spacial score (nSPS) is 9.76. The number of nitrogens with zero attached hydrogens (tertiary/aromatic N) is 2. The molecule has 0 aromatic heterocycles. The molecule has 2 aromatic rings. The van der Waals surface area contributed by atoms with Crippen molar-refractivity contribution >= 4 is 34.9 Å². The second-order valence-electron chi connectivity index (χ2n) is 4.73. The van der Waals surface area contributed by atoms with Crippen molar-refractivity contribution in [2.45, 2.75) is 0 Å². The molecule has 0 atom stereocenters. The van der Waals surface area contributed by atoms with Crippen molar-refractivity contribution in [1.82, 2.24) is 0 Å². The van der Waals surface area contributed by atoms with Gasteiger partial charge in [0.1, 0.15) is 6.07 Å². The standard InChI is InChI=1S/C16H10ClN3O5/c17-12-4-1-11(8-18)14(7-12)19-15(21)9-25-16(22)10-2-5-13(6-3-10)20(23)24/h1-7H,9H2,(H,19,21). The van der Waals surface area contributed by atoms with Gasteiger partial charge in [0.25, 0.3) is 11.6 Å². The minimum absolute atomic E-state index is 0.0684. The molecule has 1 amide bonds. The first-order valence-electron chi connectivity index (χ1n) is 6.82. The van der Waals surface area contributed by atoms with E-state index in [-0.39, 0.29) is 22.5 Å². The van der Waals surface area contributed by atoms with Crippen LogP contribution in [-0.2, 0) is 9.53 Å². The second-order valence-corrected chi connectivity index (χ2v) is 5.17. The molecule has 2 aromatic carbocycles. The summed E-state index contributed by atoms with van der Waals surface area (Å²) in [7, 11) is 0. The Hall–Kier alpha value is -3.44. The van der Waals surface area contributed by atoms with Crippen LogP contribution in [0.5, 0.6) is 0 Å². The summed E-state index contributed by atoms with van der Waals surface area (Å²) in [5.41, 5.74) is 0.309. The average molecular weight is 360 g/mol. The maximum Gasteiger partial charge on any atom is 0.338 e. The first-order chi connectivity index (χ1) is 11.9. The second kappa shape index (κ2) is 7.90. The molecule has 2 rings (SSSR count). The van der Waals surface area contributed by atoms with Gasteiger partial charge in [0.05, 0.1) is 21.7 Å². The number of hydrogen-bond donors (Lipinski definition) is 1. The summed E-state index contributed by atoms with van der Waals surface area (Å²) < 4.78 is 4.83. The quantitative estimate of drug-likeness (QED) is 0.497. The summed E-state index contributed by atoms with van der Waals surface area (Å²) >= 11 is 5.81. The minimum atomic E-state index is -0.809. The summed E-state index contributed by atoms with van der Waals surface area (Å²) in [6.07, 6.45) is 0. The van der Waals surface area contributed by atoms with E-state index < -0.39 is 23.4 Å².